The lowest BCUT2D eigenvalue weighted by Gasteiger charge is -2.12. The minimum atomic E-state index is -0.293. The van der Waals surface area contributed by atoms with Gasteiger partial charge in [0, 0.05) is 10.6 Å². The summed E-state index contributed by atoms with van der Waals surface area (Å²) in [7, 11) is 1.51. The summed E-state index contributed by atoms with van der Waals surface area (Å²) in [6.45, 7) is 0.271. The van der Waals surface area contributed by atoms with E-state index in [9.17, 15) is 9.59 Å². The van der Waals surface area contributed by atoms with E-state index in [4.69, 9.17) is 20.8 Å². The lowest BCUT2D eigenvalue weighted by molar-refractivity contribution is 0.0948. The second-order valence-electron chi connectivity index (χ2n) is 6.23. The van der Waals surface area contributed by atoms with Crippen molar-refractivity contribution in [3.05, 3.63) is 87.8 Å². The van der Waals surface area contributed by atoms with Crippen LogP contribution in [0, 0.1) is 0 Å². The molecule has 0 aliphatic rings. The van der Waals surface area contributed by atoms with Crippen LogP contribution in [-0.2, 0) is 6.54 Å². The molecule has 0 unspecified atom stereocenters. The first-order valence-corrected chi connectivity index (χ1v) is 9.10. The van der Waals surface area contributed by atoms with Gasteiger partial charge in [0.1, 0.15) is 17.8 Å². The monoisotopic (exact) mass is 409 g/mol. The number of fused-ring (bicyclic) bond motifs is 1. The number of nitrogens with one attached hydrogen (secondary N) is 1. The second-order valence-corrected chi connectivity index (χ2v) is 6.67. The van der Waals surface area contributed by atoms with Crippen molar-refractivity contribution in [2.24, 2.45) is 0 Å². The molecule has 0 saturated heterocycles. The number of methoxy groups -OCH3 is 1. The van der Waals surface area contributed by atoms with Gasteiger partial charge >= 0.3 is 0 Å². The van der Waals surface area contributed by atoms with Crippen LogP contribution >= 0.6 is 11.6 Å². The van der Waals surface area contributed by atoms with E-state index < -0.39 is 0 Å². The largest absolute Gasteiger partial charge is 0.495 e. The van der Waals surface area contributed by atoms with Crippen molar-refractivity contribution in [3.8, 4) is 11.4 Å². The molecular weight excluding hydrogens is 394 g/mol. The summed E-state index contributed by atoms with van der Waals surface area (Å²) < 4.78 is 11.9. The third-order valence-corrected chi connectivity index (χ3v) is 4.66. The van der Waals surface area contributed by atoms with Crippen LogP contribution < -0.4 is 15.6 Å². The van der Waals surface area contributed by atoms with E-state index in [1.54, 1.807) is 54.8 Å². The number of hydrogen-bond acceptors (Lipinski definition) is 5. The Balaban J connectivity index is 1.68. The second kappa shape index (κ2) is 7.81. The molecule has 146 valence electrons. The Labute approximate surface area is 170 Å². The molecule has 8 heteroatoms. The maximum Gasteiger partial charge on any atom is 0.265 e. The third-order valence-electron chi connectivity index (χ3n) is 4.43. The van der Waals surface area contributed by atoms with Crippen LogP contribution in [0.4, 0.5) is 0 Å². The Kier molecular flexibility index (Phi) is 5.05. The minimum absolute atomic E-state index is 0.271. The molecule has 1 N–H and O–H groups in total. The van der Waals surface area contributed by atoms with E-state index in [2.05, 4.69) is 10.3 Å². The molecule has 2 aromatic heterocycles. The summed E-state index contributed by atoms with van der Waals surface area (Å²) in [4.78, 5) is 29.7. The number of amides is 1. The molecule has 0 saturated carbocycles. The fourth-order valence-corrected chi connectivity index (χ4v) is 3.13. The van der Waals surface area contributed by atoms with Gasteiger partial charge in [0.2, 0.25) is 0 Å². The number of carbonyl (C=O) groups excluding carboxylic acids is 1. The predicted octanol–water partition coefficient (Wildman–Crippen LogP) is 3.57. The van der Waals surface area contributed by atoms with Crippen molar-refractivity contribution < 1.29 is 13.9 Å². The highest BCUT2D eigenvalue weighted by molar-refractivity contribution is 6.30. The molecule has 2 aromatic carbocycles. The summed E-state index contributed by atoms with van der Waals surface area (Å²) in [5.74, 6) is 0.855. The van der Waals surface area contributed by atoms with Crippen LogP contribution in [0.1, 0.15) is 16.1 Å². The smallest absolute Gasteiger partial charge is 0.265 e. The molecule has 0 atom stereocenters. The number of ether oxygens (including phenoxy) is 1. The summed E-state index contributed by atoms with van der Waals surface area (Å²) in [6.07, 6.45) is 2.94. The van der Waals surface area contributed by atoms with E-state index in [1.165, 1.54) is 18.0 Å². The van der Waals surface area contributed by atoms with Crippen molar-refractivity contribution >= 4 is 28.4 Å². The number of rotatable bonds is 5. The number of benzene rings is 2. The zero-order chi connectivity index (χ0) is 20.4. The summed E-state index contributed by atoms with van der Waals surface area (Å²) in [5, 5.41) is 3.61. The van der Waals surface area contributed by atoms with E-state index in [0.29, 0.717) is 38.7 Å². The first-order valence-electron chi connectivity index (χ1n) is 8.73. The van der Waals surface area contributed by atoms with Crippen molar-refractivity contribution in [2.45, 2.75) is 6.54 Å². The molecule has 2 heterocycles. The van der Waals surface area contributed by atoms with Gasteiger partial charge in [0.15, 0.2) is 0 Å². The van der Waals surface area contributed by atoms with Crippen LogP contribution in [-0.4, -0.2) is 22.6 Å². The average molecular weight is 410 g/mol. The molecule has 0 spiro atoms. The number of halogens is 1. The number of carbonyl (C=O) groups is 1. The van der Waals surface area contributed by atoms with Gasteiger partial charge in [-0.3, -0.25) is 14.2 Å². The highest BCUT2D eigenvalue weighted by atomic mass is 35.5. The highest BCUT2D eigenvalue weighted by Gasteiger charge is 2.13. The quantitative estimate of drug-likeness (QED) is 0.544. The summed E-state index contributed by atoms with van der Waals surface area (Å²) >= 11 is 6.07. The van der Waals surface area contributed by atoms with Gasteiger partial charge in [-0.1, -0.05) is 11.6 Å². The van der Waals surface area contributed by atoms with E-state index in [1.807, 2.05) is 0 Å². The van der Waals surface area contributed by atoms with Gasteiger partial charge in [-0.25, -0.2) is 4.98 Å². The third kappa shape index (κ3) is 3.72. The average Bonchev–Trinajstić information content (AvgIpc) is 3.26. The van der Waals surface area contributed by atoms with Gasteiger partial charge in [0.05, 0.1) is 36.5 Å². The molecule has 0 aliphatic heterocycles. The van der Waals surface area contributed by atoms with E-state index in [0.717, 1.165) is 0 Å². The molecule has 7 nitrogen and oxygen atoms in total. The number of aromatic nitrogens is 2. The Morgan fingerprint density at radius 1 is 1.24 bits per heavy atom. The lowest BCUT2D eigenvalue weighted by atomic mass is 10.1. The van der Waals surface area contributed by atoms with Crippen LogP contribution in [0.25, 0.3) is 16.6 Å². The fraction of sp³-hybridized carbons (Fsp3) is 0.0952. The highest BCUT2D eigenvalue weighted by Crippen LogP contribution is 2.25. The Morgan fingerprint density at radius 2 is 2.10 bits per heavy atom. The van der Waals surface area contributed by atoms with E-state index >= 15 is 0 Å². The van der Waals surface area contributed by atoms with Gasteiger partial charge in [-0.05, 0) is 48.5 Å². The SMILES string of the molecule is COc1ccc(Cl)cc1-n1cnc2cc(C(=O)NCc3ccco3)ccc2c1=O. The van der Waals surface area contributed by atoms with Crippen molar-refractivity contribution in [2.75, 3.05) is 7.11 Å². The van der Waals surface area contributed by atoms with Gasteiger partial charge in [0.25, 0.3) is 11.5 Å². The zero-order valence-corrected chi connectivity index (χ0v) is 16.1. The number of hydrogen-bond donors (Lipinski definition) is 1. The van der Waals surface area contributed by atoms with Crippen molar-refractivity contribution in [3.63, 3.8) is 0 Å². The molecule has 0 radical (unpaired) electrons. The molecule has 4 aromatic rings. The summed E-state index contributed by atoms with van der Waals surface area (Å²) in [5.41, 5.74) is 1.00. The first kappa shape index (κ1) is 18.8. The lowest BCUT2D eigenvalue weighted by Crippen LogP contribution is -2.23. The number of furan rings is 1. The van der Waals surface area contributed by atoms with Crippen LogP contribution in [0.5, 0.6) is 5.75 Å². The van der Waals surface area contributed by atoms with Crippen LogP contribution in [0.15, 0.2) is 70.3 Å². The minimum Gasteiger partial charge on any atom is -0.495 e. The van der Waals surface area contributed by atoms with Crippen molar-refractivity contribution in [1.29, 1.82) is 0 Å². The predicted molar refractivity (Wildman–Crippen MR) is 109 cm³/mol. The molecule has 29 heavy (non-hydrogen) atoms. The Morgan fingerprint density at radius 3 is 2.86 bits per heavy atom. The van der Waals surface area contributed by atoms with E-state index in [-0.39, 0.29) is 18.0 Å². The van der Waals surface area contributed by atoms with Crippen LogP contribution in [0.2, 0.25) is 5.02 Å². The Bertz CT molecular complexity index is 1250. The normalized spacial score (nSPS) is 10.8. The molecule has 0 aliphatic carbocycles. The maximum atomic E-state index is 13.0. The standard InChI is InChI=1S/C21H16ClN3O4/c1-28-19-7-5-14(22)10-18(19)25-12-24-17-9-13(4-6-16(17)21(25)27)20(26)23-11-15-3-2-8-29-15/h2-10,12H,11H2,1H3,(H,23,26). The maximum absolute atomic E-state index is 13.0. The topological polar surface area (TPSA) is 86.4 Å². The molecule has 1 amide bonds. The molecule has 0 bridgehead atoms. The fourth-order valence-electron chi connectivity index (χ4n) is 2.97. The van der Waals surface area contributed by atoms with Gasteiger partial charge in [-0.15, -0.1) is 0 Å². The first-order chi connectivity index (χ1) is 14.1. The summed E-state index contributed by atoms with van der Waals surface area (Å²) in [6, 6.07) is 13.3. The van der Waals surface area contributed by atoms with Crippen molar-refractivity contribution in [1.82, 2.24) is 14.9 Å². The number of nitrogens with zero attached hydrogens (tertiary/aromatic N) is 2. The molecule has 4 rings (SSSR count). The molecular formula is C21H16ClN3O4. The Hall–Kier alpha value is -3.58. The molecule has 0 fully saturated rings. The van der Waals surface area contributed by atoms with Gasteiger partial charge in [-0.2, -0.15) is 0 Å². The van der Waals surface area contributed by atoms with Gasteiger partial charge < -0.3 is 14.5 Å². The van der Waals surface area contributed by atoms with Crippen LogP contribution in [0.3, 0.4) is 0 Å². The zero-order valence-electron chi connectivity index (χ0n) is 15.4.